The summed E-state index contributed by atoms with van der Waals surface area (Å²) in [5.41, 5.74) is 1.39. The molecule has 4 bridgehead atoms. The van der Waals surface area contributed by atoms with Gasteiger partial charge in [-0.2, -0.15) is 0 Å². The maximum atomic E-state index is 10.8. The molecule has 5 aliphatic carbocycles. The molecule has 6 fully saturated rings. The number of ether oxygens (including phenoxy) is 2. The minimum atomic E-state index is -0.510. The van der Waals surface area contributed by atoms with Gasteiger partial charge in [-0.05, 0) is 93.2 Å². The Morgan fingerprint density at radius 2 is 1.54 bits per heavy atom. The molecule has 1 aliphatic heterocycles. The van der Waals surface area contributed by atoms with Crippen molar-refractivity contribution in [3.8, 4) is 5.75 Å². The lowest BCUT2D eigenvalue weighted by Crippen LogP contribution is -2.60. The zero-order valence-corrected chi connectivity index (χ0v) is 22.4. The standard InChI is InChI=1S/C30H44N2O5/c1-34-30(26-17-22-16-23(19-26)20-27(30)18-22)37-36-29-8-4-25(5-9-29)24-2-6-28(7-3-24)35-15-14-31-10-12-32(21-33)13-11-31/h2-3,6-7,21-23,25-27,29H,4-5,8-20H2,1H3/t22?,23?,25-,26?,27?,29+,30?. The van der Waals surface area contributed by atoms with Gasteiger partial charge in [0.15, 0.2) is 0 Å². The van der Waals surface area contributed by atoms with Crippen LogP contribution in [-0.4, -0.2) is 74.5 Å². The van der Waals surface area contributed by atoms with E-state index in [0.717, 1.165) is 82.4 Å². The Bertz CT molecular complexity index is 864. The third-order valence-corrected chi connectivity index (χ3v) is 10.2. The molecule has 1 saturated heterocycles. The smallest absolute Gasteiger partial charge is 0.209 e. The molecule has 37 heavy (non-hydrogen) atoms. The van der Waals surface area contributed by atoms with Crippen LogP contribution in [0.4, 0.5) is 0 Å². The lowest BCUT2D eigenvalue weighted by Gasteiger charge is -2.58. The number of hydrogen-bond donors (Lipinski definition) is 0. The summed E-state index contributed by atoms with van der Waals surface area (Å²) in [7, 11) is 1.83. The van der Waals surface area contributed by atoms with Crippen LogP contribution < -0.4 is 4.74 Å². The van der Waals surface area contributed by atoms with E-state index in [0.29, 0.717) is 24.4 Å². The molecule has 0 aromatic heterocycles. The Morgan fingerprint density at radius 3 is 2.14 bits per heavy atom. The van der Waals surface area contributed by atoms with Crippen LogP contribution >= 0.6 is 0 Å². The van der Waals surface area contributed by atoms with Crippen LogP contribution in [0.5, 0.6) is 5.75 Å². The van der Waals surface area contributed by atoms with Crippen molar-refractivity contribution < 1.29 is 24.0 Å². The van der Waals surface area contributed by atoms with Crippen molar-refractivity contribution in [3.63, 3.8) is 0 Å². The Hall–Kier alpha value is -1.67. The highest BCUT2D eigenvalue weighted by Gasteiger charge is 2.60. The summed E-state index contributed by atoms with van der Waals surface area (Å²) in [5, 5.41) is 0. The molecule has 1 aromatic carbocycles. The van der Waals surface area contributed by atoms with Crippen molar-refractivity contribution in [2.75, 3.05) is 46.4 Å². The van der Waals surface area contributed by atoms with Gasteiger partial charge in [-0.3, -0.25) is 9.69 Å². The predicted octanol–water partition coefficient (Wildman–Crippen LogP) is 4.61. The van der Waals surface area contributed by atoms with E-state index < -0.39 is 5.79 Å². The van der Waals surface area contributed by atoms with Gasteiger partial charge in [-0.25, -0.2) is 9.78 Å². The quantitative estimate of drug-likeness (QED) is 0.197. The number of carbonyl (C=O) groups excluding carboxylic acids is 1. The highest BCUT2D eigenvalue weighted by molar-refractivity contribution is 5.47. The lowest BCUT2D eigenvalue weighted by atomic mass is 9.53. The van der Waals surface area contributed by atoms with Crippen molar-refractivity contribution in [3.05, 3.63) is 29.8 Å². The van der Waals surface area contributed by atoms with E-state index in [1.807, 2.05) is 12.0 Å². The van der Waals surface area contributed by atoms with Crippen LogP contribution in [0.1, 0.15) is 69.3 Å². The third kappa shape index (κ3) is 5.42. The Labute approximate surface area is 221 Å². The minimum absolute atomic E-state index is 0.163. The fourth-order valence-corrected chi connectivity index (χ4v) is 8.20. The summed E-state index contributed by atoms with van der Waals surface area (Å²) in [6, 6.07) is 8.68. The van der Waals surface area contributed by atoms with Gasteiger partial charge in [0.25, 0.3) is 0 Å². The number of rotatable bonds is 10. The number of piperazine rings is 1. The van der Waals surface area contributed by atoms with Gasteiger partial charge >= 0.3 is 0 Å². The van der Waals surface area contributed by atoms with E-state index in [1.54, 1.807) is 0 Å². The third-order valence-electron chi connectivity index (χ3n) is 10.2. The normalized spacial score (nSPS) is 37.6. The number of methoxy groups -OCH3 is 1. The summed E-state index contributed by atoms with van der Waals surface area (Å²) in [5.74, 6) is 3.75. The summed E-state index contributed by atoms with van der Waals surface area (Å²) in [6.45, 7) is 5.04. The van der Waals surface area contributed by atoms with Gasteiger partial charge in [0, 0.05) is 51.7 Å². The SMILES string of the molecule is COC1(OO[C@H]2CC[C@@H](c3ccc(OCCN4CCN(C=O)CC4)cc3)CC2)C2CC3CC(C2)CC1C3. The summed E-state index contributed by atoms with van der Waals surface area (Å²) >= 11 is 0. The van der Waals surface area contributed by atoms with Gasteiger partial charge in [-0.15, -0.1) is 0 Å². The van der Waals surface area contributed by atoms with Gasteiger partial charge in [-0.1, -0.05) is 12.1 Å². The van der Waals surface area contributed by atoms with Crippen LogP contribution in [0.2, 0.25) is 0 Å². The molecule has 0 N–H and O–H groups in total. The fraction of sp³-hybridized carbons (Fsp3) is 0.767. The molecule has 1 aromatic rings. The van der Waals surface area contributed by atoms with E-state index in [2.05, 4.69) is 29.2 Å². The Balaban J connectivity index is 0.929. The summed E-state index contributed by atoms with van der Waals surface area (Å²) < 4.78 is 12.1. The molecule has 204 valence electrons. The number of hydrogen-bond acceptors (Lipinski definition) is 6. The van der Waals surface area contributed by atoms with Crippen LogP contribution in [-0.2, 0) is 19.3 Å². The van der Waals surface area contributed by atoms with Gasteiger partial charge in [0.2, 0.25) is 12.2 Å². The van der Waals surface area contributed by atoms with Crippen LogP contribution in [0.3, 0.4) is 0 Å². The average molecular weight is 513 g/mol. The monoisotopic (exact) mass is 512 g/mol. The number of amides is 1. The molecule has 7 rings (SSSR count). The molecule has 7 heteroatoms. The van der Waals surface area contributed by atoms with Crippen LogP contribution in [0, 0.1) is 23.7 Å². The summed E-state index contributed by atoms with van der Waals surface area (Å²) in [6.07, 6.45) is 11.8. The first kappa shape index (κ1) is 25.6. The second kappa shape index (κ2) is 11.2. The molecule has 7 nitrogen and oxygen atoms in total. The first-order chi connectivity index (χ1) is 18.1. The maximum absolute atomic E-state index is 10.8. The highest BCUT2D eigenvalue weighted by Crippen LogP contribution is 2.60. The lowest BCUT2D eigenvalue weighted by molar-refractivity contribution is -0.485. The number of benzene rings is 1. The van der Waals surface area contributed by atoms with Crippen LogP contribution in [0.25, 0.3) is 0 Å². The molecular formula is C30H44N2O5. The van der Waals surface area contributed by atoms with E-state index in [-0.39, 0.29) is 6.10 Å². The molecule has 0 unspecified atom stereocenters. The van der Waals surface area contributed by atoms with Gasteiger partial charge in [0.1, 0.15) is 12.4 Å². The second-order valence-corrected chi connectivity index (χ2v) is 12.3. The van der Waals surface area contributed by atoms with Gasteiger partial charge < -0.3 is 14.4 Å². The topological polar surface area (TPSA) is 60.5 Å². The molecule has 1 heterocycles. The number of carbonyl (C=O) groups is 1. The van der Waals surface area contributed by atoms with E-state index in [1.165, 1.54) is 37.7 Å². The summed E-state index contributed by atoms with van der Waals surface area (Å²) in [4.78, 5) is 27.5. The fourth-order valence-electron chi connectivity index (χ4n) is 8.20. The Morgan fingerprint density at radius 1 is 0.892 bits per heavy atom. The highest BCUT2D eigenvalue weighted by atomic mass is 17.2. The number of nitrogens with zero attached hydrogens (tertiary/aromatic N) is 2. The zero-order chi connectivity index (χ0) is 25.2. The zero-order valence-electron chi connectivity index (χ0n) is 22.4. The van der Waals surface area contributed by atoms with E-state index in [4.69, 9.17) is 19.2 Å². The Kier molecular flexibility index (Phi) is 7.76. The van der Waals surface area contributed by atoms with Crippen molar-refractivity contribution >= 4 is 6.41 Å². The van der Waals surface area contributed by atoms with E-state index in [9.17, 15) is 4.79 Å². The van der Waals surface area contributed by atoms with E-state index >= 15 is 0 Å². The van der Waals surface area contributed by atoms with Crippen molar-refractivity contribution in [1.82, 2.24) is 9.80 Å². The van der Waals surface area contributed by atoms with Crippen molar-refractivity contribution in [2.24, 2.45) is 23.7 Å². The molecule has 5 saturated carbocycles. The molecular weight excluding hydrogens is 468 g/mol. The maximum Gasteiger partial charge on any atom is 0.209 e. The molecule has 0 atom stereocenters. The second-order valence-electron chi connectivity index (χ2n) is 12.3. The first-order valence-electron chi connectivity index (χ1n) is 14.7. The molecule has 1 amide bonds. The first-order valence-corrected chi connectivity index (χ1v) is 14.7. The molecule has 0 spiro atoms. The molecule has 6 aliphatic rings. The van der Waals surface area contributed by atoms with Gasteiger partial charge in [0.05, 0.1) is 6.10 Å². The minimum Gasteiger partial charge on any atom is -0.492 e. The predicted molar refractivity (Wildman–Crippen MR) is 140 cm³/mol. The van der Waals surface area contributed by atoms with Crippen molar-refractivity contribution in [2.45, 2.75) is 75.6 Å². The van der Waals surface area contributed by atoms with Crippen LogP contribution in [0.15, 0.2) is 24.3 Å². The molecule has 0 radical (unpaired) electrons. The largest absolute Gasteiger partial charge is 0.492 e. The van der Waals surface area contributed by atoms with Crippen molar-refractivity contribution in [1.29, 1.82) is 0 Å². The average Bonchev–Trinajstić information content (AvgIpc) is 2.94.